The third-order valence-electron chi connectivity index (χ3n) is 17.9. The van der Waals surface area contributed by atoms with E-state index in [0.29, 0.717) is 17.5 Å². The standard InChI is InChI=1S/C82H64N6/c1-49-19-29-66(54(6)39-49)61-25-33-76-70(44-61)69-43-60(59-23-22-52(4)53(5)42-59)24-32-75(69)87(76)65-37-38-83-74(48-65)73-47-64(82-85-80(57-15-11-9-12-16-57)84-81(86-82)58-17-13-10-14-18-58)28-36-79(73)88-77-34-26-62(67-30-20-50(2)40-55(67)7)45-71(77)72-46-63(27-35-78(72)88)68-31-21-51(3)41-56(68)8/h9-48H,1-8H3. The number of benzene rings is 11. The molecule has 6 nitrogen and oxygen atoms in total. The highest BCUT2D eigenvalue weighted by Crippen LogP contribution is 2.44. The summed E-state index contributed by atoms with van der Waals surface area (Å²) in [7, 11) is 0. The number of rotatable bonds is 10. The molecule has 15 aromatic rings. The average Bonchev–Trinajstić information content (AvgIpc) is 1.59. The number of nitrogens with zero attached hydrogens (tertiary/aromatic N) is 6. The molecule has 88 heavy (non-hydrogen) atoms. The molecule has 4 aromatic heterocycles. The number of aromatic nitrogens is 6. The van der Waals surface area contributed by atoms with Crippen molar-refractivity contribution in [2.75, 3.05) is 0 Å². The van der Waals surface area contributed by atoms with Gasteiger partial charge in [-0.1, -0.05) is 174 Å². The minimum atomic E-state index is 0.566. The van der Waals surface area contributed by atoms with Crippen molar-refractivity contribution < 1.29 is 0 Å². The van der Waals surface area contributed by atoms with Gasteiger partial charge in [0.2, 0.25) is 0 Å². The van der Waals surface area contributed by atoms with Gasteiger partial charge in [-0.2, -0.15) is 0 Å². The molecule has 0 saturated carbocycles. The maximum absolute atomic E-state index is 5.38. The van der Waals surface area contributed by atoms with Gasteiger partial charge >= 0.3 is 0 Å². The average molecular weight is 1130 g/mol. The zero-order valence-electron chi connectivity index (χ0n) is 50.8. The molecule has 15 rings (SSSR count). The Morgan fingerprint density at radius 1 is 0.261 bits per heavy atom. The molecule has 0 aliphatic heterocycles. The summed E-state index contributed by atoms with van der Waals surface area (Å²) in [4.78, 5) is 21.0. The molecule has 0 aliphatic carbocycles. The van der Waals surface area contributed by atoms with Gasteiger partial charge in [0.1, 0.15) is 0 Å². The van der Waals surface area contributed by atoms with Crippen molar-refractivity contribution >= 4 is 43.6 Å². The van der Waals surface area contributed by atoms with Gasteiger partial charge < -0.3 is 9.13 Å². The Hall–Kier alpha value is -10.8. The minimum Gasteiger partial charge on any atom is -0.309 e. The van der Waals surface area contributed by atoms with Gasteiger partial charge in [-0.15, -0.1) is 0 Å². The first-order valence-electron chi connectivity index (χ1n) is 30.3. The highest BCUT2D eigenvalue weighted by molar-refractivity contribution is 6.13. The van der Waals surface area contributed by atoms with Crippen molar-refractivity contribution in [3.8, 4) is 101 Å². The second-order valence-electron chi connectivity index (χ2n) is 24.0. The molecule has 11 aromatic carbocycles. The first-order valence-corrected chi connectivity index (χ1v) is 30.3. The van der Waals surface area contributed by atoms with Gasteiger partial charge in [0.15, 0.2) is 17.5 Å². The molecule has 0 atom stereocenters. The number of fused-ring (bicyclic) bond motifs is 6. The van der Waals surface area contributed by atoms with E-state index in [2.05, 4.69) is 265 Å². The fourth-order valence-corrected chi connectivity index (χ4v) is 13.3. The molecule has 4 heterocycles. The Morgan fingerprint density at radius 2 is 0.670 bits per heavy atom. The Bertz CT molecular complexity index is 5130. The molecule has 0 bridgehead atoms. The smallest absolute Gasteiger partial charge is 0.164 e. The highest BCUT2D eigenvalue weighted by Gasteiger charge is 2.23. The summed E-state index contributed by atoms with van der Waals surface area (Å²) in [5, 5.41) is 4.70. The number of hydrogen-bond acceptors (Lipinski definition) is 4. The van der Waals surface area contributed by atoms with Crippen LogP contribution in [0.2, 0.25) is 0 Å². The normalized spacial score (nSPS) is 11.6. The summed E-state index contributed by atoms with van der Waals surface area (Å²) in [6.45, 7) is 17.5. The summed E-state index contributed by atoms with van der Waals surface area (Å²) in [6, 6.07) is 86.4. The monoisotopic (exact) mass is 1130 g/mol. The van der Waals surface area contributed by atoms with Crippen LogP contribution in [0.15, 0.2) is 243 Å². The summed E-state index contributed by atoms with van der Waals surface area (Å²) >= 11 is 0. The third kappa shape index (κ3) is 9.55. The van der Waals surface area contributed by atoms with Gasteiger partial charge in [0.05, 0.1) is 33.4 Å². The third-order valence-corrected chi connectivity index (χ3v) is 17.9. The molecule has 6 heteroatoms. The van der Waals surface area contributed by atoms with Gasteiger partial charge in [0, 0.05) is 55.7 Å². The largest absolute Gasteiger partial charge is 0.309 e. The lowest BCUT2D eigenvalue weighted by molar-refractivity contribution is 1.07. The fourth-order valence-electron chi connectivity index (χ4n) is 13.3. The topological polar surface area (TPSA) is 61.4 Å². The van der Waals surface area contributed by atoms with Crippen molar-refractivity contribution in [3.05, 3.63) is 287 Å². The molecule has 0 aliphatic rings. The van der Waals surface area contributed by atoms with E-state index >= 15 is 0 Å². The first kappa shape index (κ1) is 53.9. The summed E-state index contributed by atoms with van der Waals surface area (Å²) < 4.78 is 4.86. The van der Waals surface area contributed by atoms with Crippen LogP contribution in [0.5, 0.6) is 0 Å². The molecule has 0 spiro atoms. The van der Waals surface area contributed by atoms with Gasteiger partial charge in [-0.05, 0) is 207 Å². The second-order valence-corrected chi connectivity index (χ2v) is 24.0. The quantitative estimate of drug-likeness (QED) is 0.137. The maximum Gasteiger partial charge on any atom is 0.164 e. The van der Waals surface area contributed by atoms with E-state index in [1.54, 1.807) is 0 Å². The second kappa shape index (κ2) is 21.6. The van der Waals surface area contributed by atoms with Crippen LogP contribution >= 0.6 is 0 Å². The van der Waals surface area contributed by atoms with Gasteiger partial charge in [-0.3, -0.25) is 4.98 Å². The van der Waals surface area contributed by atoms with E-state index in [1.807, 2.05) is 42.6 Å². The van der Waals surface area contributed by atoms with Crippen LogP contribution in [-0.4, -0.2) is 29.1 Å². The van der Waals surface area contributed by atoms with Crippen LogP contribution in [0.3, 0.4) is 0 Å². The SMILES string of the molecule is Cc1ccc(-c2ccc3c(c2)c2cc(-c4ccc(C)c(C)c4)ccc2n3-c2ccnc(-c3cc(-c4nc(-c5ccccc5)nc(-c5ccccc5)n4)ccc3-n3c4ccc(-c5ccc(C)cc5C)cc4c4cc(-c5ccc(C)cc5C)ccc43)c2)c(C)c1. The van der Waals surface area contributed by atoms with E-state index in [1.165, 1.54) is 111 Å². The number of pyridine rings is 1. The van der Waals surface area contributed by atoms with Gasteiger partial charge in [-0.25, -0.2) is 15.0 Å². The van der Waals surface area contributed by atoms with Crippen molar-refractivity contribution in [2.45, 2.75) is 55.4 Å². The zero-order valence-corrected chi connectivity index (χ0v) is 50.8. The molecular weight excluding hydrogens is 1070 g/mol. The molecule has 0 saturated heterocycles. The van der Waals surface area contributed by atoms with Crippen LogP contribution in [0, 0.1) is 55.4 Å². The van der Waals surface area contributed by atoms with E-state index in [0.717, 1.165) is 61.4 Å². The Labute approximate surface area is 513 Å². The summed E-state index contributed by atoms with van der Waals surface area (Å²) in [5.41, 5.74) is 30.4. The predicted octanol–water partition coefficient (Wildman–Crippen LogP) is 21.3. The Morgan fingerprint density at radius 3 is 1.14 bits per heavy atom. The van der Waals surface area contributed by atoms with Crippen LogP contribution in [0.4, 0.5) is 0 Å². The lowest BCUT2D eigenvalue weighted by Gasteiger charge is -2.17. The molecule has 422 valence electrons. The Kier molecular flexibility index (Phi) is 13.2. The van der Waals surface area contributed by atoms with Crippen LogP contribution in [0.1, 0.15) is 44.5 Å². The Balaban J connectivity index is 0.986. The van der Waals surface area contributed by atoms with Crippen molar-refractivity contribution in [1.82, 2.24) is 29.1 Å². The molecule has 0 radical (unpaired) electrons. The van der Waals surface area contributed by atoms with Crippen molar-refractivity contribution in [3.63, 3.8) is 0 Å². The predicted molar refractivity (Wildman–Crippen MR) is 368 cm³/mol. The van der Waals surface area contributed by atoms with Crippen LogP contribution < -0.4 is 0 Å². The lowest BCUT2D eigenvalue weighted by atomic mass is 9.95. The van der Waals surface area contributed by atoms with E-state index < -0.39 is 0 Å². The first-order chi connectivity index (χ1) is 42.9. The van der Waals surface area contributed by atoms with Crippen molar-refractivity contribution in [2.24, 2.45) is 0 Å². The molecular formula is C82H64N6. The van der Waals surface area contributed by atoms with Crippen LogP contribution in [-0.2, 0) is 0 Å². The summed E-state index contributed by atoms with van der Waals surface area (Å²) in [6.07, 6.45) is 1.97. The number of hydrogen-bond donors (Lipinski definition) is 0. The number of aryl methyl sites for hydroxylation is 8. The van der Waals surface area contributed by atoms with E-state index in [-0.39, 0.29) is 0 Å². The van der Waals surface area contributed by atoms with Crippen LogP contribution in [0.25, 0.3) is 145 Å². The molecule has 0 fully saturated rings. The maximum atomic E-state index is 5.38. The lowest BCUT2D eigenvalue weighted by Crippen LogP contribution is -2.03. The van der Waals surface area contributed by atoms with E-state index in [4.69, 9.17) is 19.9 Å². The van der Waals surface area contributed by atoms with Gasteiger partial charge in [0.25, 0.3) is 0 Å². The zero-order chi connectivity index (χ0) is 59.9. The highest BCUT2D eigenvalue weighted by atomic mass is 15.0. The molecule has 0 N–H and O–H groups in total. The molecule has 0 unspecified atom stereocenters. The minimum absolute atomic E-state index is 0.566. The summed E-state index contributed by atoms with van der Waals surface area (Å²) in [5.74, 6) is 1.77. The van der Waals surface area contributed by atoms with E-state index in [9.17, 15) is 0 Å². The van der Waals surface area contributed by atoms with Crippen molar-refractivity contribution in [1.29, 1.82) is 0 Å². The fraction of sp³-hybridized carbons (Fsp3) is 0.0976. The molecule has 0 amide bonds.